The van der Waals surface area contributed by atoms with E-state index in [9.17, 15) is 4.79 Å². The van der Waals surface area contributed by atoms with Crippen molar-refractivity contribution in [2.45, 2.75) is 32.4 Å². The van der Waals surface area contributed by atoms with Gasteiger partial charge in [0.05, 0.1) is 6.42 Å². The minimum atomic E-state index is -0.752. The molecule has 0 aromatic heterocycles. The molecule has 0 amide bonds. The van der Waals surface area contributed by atoms with Crippen molar-refractivity contribution < 1.29 is 9.90 Å². The Labute approximate surface area is 113 Å². The number of fused-ring (bicyclic) bond motifs is 1. The summed E-state index contributed by atoms with van der Waals surface area (Å²) in [7, 11) is 0. The van der Waals surface area contributed by atoms with Gasteiger partial charge < -0.3 is 10.4 Å². The van der Waals surface area contributed by atoms with Gasteiger partial charge in [-0.15, -0.1) is 0 Å². The summed E-state index contributed by atoms with van der Waals surface area (Å²) in [5.41, 5.74) is 1.18. The lowest BCUT2D eigenvalue weighted by atomic mass is 10.1. The number of carbonyl (C=O) groups is 1. The Morgan fingerprint density at radius 3 is 2.63 bits per heavy atom. The monoisotopic (exact) mass is 257 g/mol. The van der Waals surface area contributed by atoms with E-state index in [1.54, 1.807) is 0 Å². The zero-order chi connectivity index (χ0) is 13.7. The molecule has 0 saturated heterocycles. The first kappa shape index (κ1) is 13.6. The third-order valence-electron chi connectivity index (χ3n) is 3.32. The van der Waals surface area contributed by atoms with Crippen molar-refractivity contribution >= 4 is 16.7 Å². The average molecular weight is 257 g/mol. The van der Waals surface area contributed by atoms with Crippen molar-refractivity contribution in [3.05, 3.63) is 48.0 Å². The predicted octanol–water partition coefficient (Wildman–Crippen LogP) is 3.18. The molecule has 2 aromatic rings. The first-order chi connectivity index (χ1) is 9.19. The molecule has 0 aliphatic carbocycles. The van der Waals surface area contributed by atoms with Crippen LogP contribution >= 0.6 is 0 Å². The zero-order valence-electron chi connectivity index (χ0n) is 11.1. The van der Waals surface area contributed by atoms with Crippen LogP contribution in [0.1, 0.15) is 25.3 Å². The fourth-order valence-electron chi connectivity index (χ4n) is 2.18. The maximum absolute atomic E-state index is 10.7. The highest BCUT2D eigenvalue weighted by atomic mass is 16.4. The van der Waals surface area contributed by atoms with Crippen LogP contribution in [-0.4, -0.2) is 17.1 Å². The number of hydrogen-bond donors (Lipinski definition) is 2. The van der Waals surface area contributed by atoms with E-state index in [-0.39, 0.29) is 12.5 Å². The summed E-state index contributed by atoms with van der Waals surface area (Å²) in [5.74, 6) is -0.752. The van der Waals surface area contributed by atoms with E-state index in [4.69, 9.17) is 5.11 Å². The maximum atomic E-state index is 10.7. The lowest BCUT2D eigenvalue weighted by molar-refractivity contribution is -0.137. The molecule has 100 valence electrons. The van der Waals surface area contributed by atoms with Gasteiger partial charge in [-0.2, -0.15) is 0 Å². The van der Waals surface area contributed by atoms with Gasteiger partial charge in [-0.25, -0.2) is 0 Å². The Bertz CT molecular complexity index is 565. The molecule has 3 nitrogen and oxygen atoms in total. The molecule has 0 aliphatic heterocycles. The summed E-state index contributed by atoms with van der Waals surface area (Å²) in [6, 6.07) is 14.6. The predicted molar refractivity (Wildman–Crippen MR) is 77.1 cm³/mol. The van der Waals surface area contributed by atoms with Gasteiger partial charge in [0.2, 0.25) is 0 Å². The fraction of sp³-hybridized carbons (Fsp3) is 0.312. The van der Waals surface area contributed by atoms with Crippen molar-refractivity contribution in [2.75, 3.05) is 0 Å². The Kier molecular flexibility index (Phi) is 4.53. The number of rotatable bonds is 6. The van der Waals surface area contributed by atoms with Crippen LogP contribution in [0, 0.1) is 0 Å². The number of carboxylic acids is 1. The second-order valence-electron chi connectivity index (χ2n) is 4.77. The van der Waals surface area contributed by atoms with Crippen molar-refractivity contribution in [1.29, 1.82) is 0 Å². The van der Waals surface area contributed by atoms with Crippen LogP contribution in [0.5, 0.6) is 0 Å². The van der Waals surface area contributed by atoms with Gasteiger partial charge in [0.25, 0.3) is 0 Å². The highest BCUT2D eigenvalue weighted by Crippen LogP contribution is 2.15. The van der Waals surface area contributed by atoms with Gasteiger partial charge in [-0.3, -0.25) is 4.79 Å². The van der Waals surface area contributed by atoms with E-state index in [1.165, 1.54) is 16.3 Å². The molecule has 0 heterocycles. The first-order valence-electron chi connectivity index (χ1n) is 6.62. The molecule has 0 spiro atoms. The summed E-state index contributed by atoms with van der Waals surface area (Å²) in [6.45, 7) is 2.71. The lowest BCUT2D eigenvalue weighted by Gasteiger charge is -2.15. The quantitative estimate of drug-likeness (QED) is 0.835. The Morgan fingerprint density at radius 1 is 1.21 bits per heavy atom. The van der Waals surface area contributed by atoms with E-state index in [1.807, 2.05) is 19.1 Å². The molecule has 1 atom stereocenters. The molecule has 2 rings (SSSR count). The summed E-state index contributed by atoms with van der Waals surface area (Å²) in [4.78, 5) is 10.7. The third-order valence-corrected chi connectivity index (χ3v) is 3.32. The molecule has 2 N–H and O–H groups in total. The van der Waals surface area contributed by atoms with Gasteiger partial charge in [-0.05, 0) is 28.8 Å². The van der Waals surface area contributed by atoms with Gasteiger partial charge in [0.15, 0.2) is 0 Å². The average Bonchev–Trinajstić information content (AvgIpc) is 2.42. The normalized spacial score (nSPS) is 12.5. The first-order valence-corrected chi connectivity index (χ1v) is 6.62. The van der Waals surface area contributed by atoms with Gasteiger partial charge in [0.1, 0.15) is 0 Å². The van der Waals surface area contributed by atoms with Gasteiger partial charge >= 0.3 is 5.97 Å². The van der Waals surface area contributed by atoms with Crippen LogP contribution in [0.25, 0.3) is 10.8 Å². The van der Waals surface area contributed by atoms with E-state index < -0.39 is 5.97 Å². The summed E-state index contributed by atoms with van der Waals surface area (Å²) in [6.07, 6.45) is 0.990. The Balaban J connectivity index is 2.02. The molecule has 0 fully saturated rings. The maximum Gasteiger partial charge on any atom is 0.304 e. The molecular formula is C16H19NO2. The number of carboxylic acid groups (broad SMARTS) is 1. The van der Waals surface area contributed by atoms with Gasteiger partial charge in [-0.1, -0.05) is 43.3 Å². The zero-order valence-corrected chi connectivity index (χ0v) is 11.1. The van der Waals surface area contributed by atoms with Crippen LogP contribution < -0.4 is 5.32 Å². The van der Waals surface area contributed by atoms with Crippen molar-refractivity contribution in [1.82, 2.24) is 5.32 Å². The van der Waals surface area contributed by atoms with Crippen LogP contribution in [0.2, 0.25) is 0 Å². The smallest absolute Gasteiger partial charge is 0.304 e. The summed E-state index contributed by atoms with van der Waals surface area (Å²) >= 11 is 0. The summed E-state index contributed by atoms with van der Waals surface area (Å²) < 4.78 is 0. The Morgan fingerprint density at radius 2 is 1.95 bits per heavy atom. The van der Waals surface area contributed by atoms with Crippen molar-refractivity contribution in [2.24, 2.45) is 0 Å². The van der Waals surface area contributed by atoms with Crippen molar-refractivity contribution in [3.8, 4) is 0 Å². The molecule has 0 aliphatic rings. The highest BCUT2D eigenvalue weighted by molar-refractivity contribution is 5.82. The minimum Gasteiger partial charge on any atom is -0.481 e. The van der Waals surface area contributed by atoms with E-state index in [2.05, 4.69) is 35.6 Å². The molecule has 19 heavy (non-hydrogen) atoms. The van der Waals surface area contributed by atoms with Crippen LogP contribution in [0.3, 0.4) is 0 Å². The van der Waals surface area contributed by atoms with Crippen LogP contribution in [0.4, 0.5) is 0 Å². The molecule has 1 unspecified atom stereocenters. The summed E-state index contributed by atoms with van der Waals surface area (Å²) in [5, 5.41) is 14.6. The van der Waals surface area contributed by atoms with Gasteiger partial charge in [0, 0.05) is 12.6 Å². The molecule has 0 radical (unpaired) electrons. The van der Waals surface area contributed by atoms with Crippen LogP contribution in [-0.2, 0) is 11.3 Å². The Hall–Kier alpha value is -1.87. The standard InChI is InChI=1S/C16H19NO2/c1-2-15(10-16(18)19)17-11-12-7-8-13-5-3-4-6-14(13)9-12/h3-9,15,17H,2,10-11H2,1H3,(H,18,19). The highest BCUT2D eigenvalue weighted by Gasteiger charge is 2.10. The number of benzene rings is 2. The number of nitrogens with one attached hydrogen (secondary N) is 1. The van der Waals surface area contributed by atoms with E-state index >= 15 is 0 Å². The van der Waals surface area contributed by atoms with Crippen molar-refractivity contribution in [3.63, 3.8) is 0 Å². The molecule has 0 bridgehead atoms. The SMILES string of the molecule is CCC(CC(=O)O)NCc1ccc2ccccc2c1. The number of aliphatic carboxylic acids is 1. The molecule has 3 heteroatoms. The third kappa shape index (κ3) is 3.80. The van der Waals surface area contributed by atoms with E-state index in [0.29, 0.717) is 6.54 Å². The topological polar surface area (TPSA) is 49.3 Å². The molecule has 2 aromatic carbocycles. The lowest BCUT2D eigenvalue weighted by Crippen LogP contribution is -2.30. The number of hydrogen-bond acceptors (Lipinski definition) is 2. The minimum absolute atomic E-state index is 0.0315. The fourth-order valence-corrected chi connectivity index (χ4v) is 2.18. The molecular weight excluding hydrogens is 238 g/mol. The second-order valence-corrected chi connectivity index (χ2v) is 4.77. The molecule has 0 saturated carbocycles. The van der Waals surface area contributed by atoms with E-state index in [0.717, 1.165) is 6.42 Å². The largest absolute Gasteiger partial charge is 0.481 e. The second kappa shape index (κ2) is 6.34. The van der Waals surface area contributed by atoms with Crippen LogP contribution in [0.15, 0.2) is 42.5 Å².